The molecule has 0 fully saturated rings. The number of carbonyl (C=O) groups excluding carboxylic acids is 2. The van der Waals surface area contributed by atoms with Crippen molar-refractivity contribution in [1.82, 2.24) is 4.90 Å². The zero-order valence-electron chi connectivity index (χ0n) is 15.2. The molecule has 0 aromatic heterocycles. The van der Waals surface area contributed by atoms with Crippen LogP contribution in [0.2, 0.25) is 0 Å². The Labute approximate surface area is 143 Å². The second-order valence-corrected chi connectivity index (χ2v) is 7.38. The summed E-state index contributed by atoms with van der Waals surface area (Å²) in [4.78, 5) is 26.4. The minimum atomic E-state index is -0.572. The Morgan fingerprint density at radius 1 is 1.25 bits per heavy atom. The second-order valence-electron chi connectivity index (χ2n) is 7.38. The predicted octanol–water partition coefficient (Wildman–Crippen LogP) is 3.86. The van der Waals surface area contributed by atoms with E-state index in [-0.39, 0.29) is 30.6 Å². The van der Waals surface area contributed by atoms with Crippen LogP contribution in [0.4, 0.5) is 4.79 Å². The van der Waals surface area contributed by atoms with Gasteiger partial charge in [0.05, 0.1) is 18.6 Å². The van der Waals surface area contributed by atoms with E-state index in [4.69, 9.17) is 9.47 Å². The first-order valence-corrected chi connectivity index (χ1v) is 8.44. The molecule has 1 aromatic carbocycles. The van der Waals surface area contributed by atoms with Gasteiger partial charge in [0, 0.05) is 6.54 Å². The predicted molar refractivity (Wildman–Crippen MR) is 91.7 cm³/mol. The van der Waals surface area contributed by atoms with E-state index < -0.39 is 5.60 Å². The Balaban J connectivity index is 2.26. The molecule has 0 spiro atoms. The van der Waals surface area contributed by atoms with Crippen LogP contribution in [0.1, 0.15) is 58.2 Å². The van der Waals surface area contributed by atoms with Crippen molar-refractivity contribution in [3.63, 3.8) is 0 Å². The highest BCUT2D eigenvalue weighted by molar-refractivity contribution is 5.74. The molecule has 1 amide bonds. The minimum Gasteiger partial charge on any atom is -0.463 e. The molecule has 5 nitrogen and oxygen atoms in total. The van der Waals surface area contributed by atoms with Crippen molar-refractivity contribution < 1.29 is 19.1 Å². The SMILES string of the molecule is CC(C)OC(=O)CC1c2ccccc2CCN1C(=O)OC(C)(C)C. The first-order chi connectivity index (χ1) is 11.2. The molecule has 0 saturated carbocycles. The normalized spacial score (nSPS) is 17.4. The highest BCUT2D eigenvalue weighted by Crippen LogP contribution is 2.33. The molecule has 1 aliphatic rings. The molecule has 0 aliphatic carbocycles. The van der Waals surface area contributed by atoms with Crippen molar-refractivity contribution in [2.45, 2.75) is 65.2 Å². The number of esters is 1. The van der Waals surface area contributed by atoms with Crippen LogP contribution in [0.5, 0.6) is 0 Å². The number of ether oxygens (including phenoxy) is 2. The quantitative estimate of drug-likeness (QED) is 0.788. The van der Waals surface area contributed by atoms with Gasteiger partial charge in [0.25, 0.3) is 0 Å². The van der Waals surface area contributed by atoms with E-state index in [2.05, 4.69) is 0 Å². The maximum absolute atomic E-state index is 12.6. The minimum absolute atomic E-state index is 0.133. The average Bonchev–Trinajstić information content (AvgIpc) is 2.44. The lowest BCUT2D eigenvalue weighted by atomic mass is 9.91. The molecule has 2 rings (SSSR count). The number of hydrogen-bond donors (Lipinski definition) is 0. The van der Waals surface area contributed by atoms with Crippen LogP contribution >= 0.6 is 0 Å². The zero-order chi connectivity index (χ0) is 17.9. The summed E-state index contributed by atoms with van der Waals surface area (Å²) in [5.41, 5.74) is 1.59. The van der Waals surface area contributed by atoms with Crippen molar-refractivity contribution >= 4 is 12.1 Å². The zero-order valence-corrected chi connectivity index (χ0v) is 15.2. The first-order valence-electron chi connectivity index (χ1n) is 8.44. The van der Waals surface area contributed by atoms with Gasteiger partial charge in [-0.15, -0.1) is 0 Å². The molecule has 0 N–H and O–H groups in total. The molecule has 1 aliphatic heterocycles. The number of fused-ring (bicyclic) bond motifs is 1. The number of benzene rings is 1. The number of hydrogen-bond acceptors (Lipinski definition) is 4. The van der Waals surface area contributed by atoms with Gasteiger partial charge in [-0.1, -0.05) is 24.3 Å². The van der Waals surface area contributed by atoms with Gasteiger partial charge in [0.2, 0.25) is 0 Å². The molecule has 132 valence electrons. The Hall–Kier alpha value is -2.04. The van der Waals surface area contributed by atoms with E-state index in [9.17, 15) is 9.59 Å². The summed E-state index contributed by atoms with van der Waals surface area (Å²) in [6.45, 7) is 9.68. The van der Waals surface area contributed by atoms with Gasteiger partial charge in [-0.2, -0.15) is 0 Å². The Bertz CT molecular complexity index is 604. The van der Waals surface area contributed by atoms with Gasteiger partial charge in [0.1, 0.15) is 5.60 Å². The molecule has 5 heteroatoms. The summed E-state index contributed by atoms with van der Waals surface area (Å²) in [5.74, 6) is -0.305. The molecular formula is C19H27NO4. The van der Waals surface area contributed by atoms with Crippen LogP contribution in [0.3, 0.4) is 0 Å². The molecule has 0 saturated heterocycles. The van der Waals surface area contributed by atoms with Crippen LogP contribution in [0.15, 0.2) is 24.3 Å². The fraction of sp³-hybridized carbons (Fsp3) is 0.579. The standard InChI is InChI=1S/C19H27NO4/c1-13(2)23-17(21)12-16-15-9-7-6-8-14(15)10-11-20(16)18(22)24-19(3,4)5/h6-9,13,16H,10-12H2,1-5H3. The van der Waals surface area contributed by atoms with Crippen molar-refractivity contribution in [3.05, 3.63) is 35.4 Å². The van der Waals surface area contributed by atoms with Crippen molar-refractivity contribution in [1.29, 1.82) is 0 Å². The van der Waals surface area contributed by atoms with Crippen LogP contribution in [-0.2, 0) is 20.7 Å². The molecular weight excluding hydrogens is 306 g/mol. The first kappa shape index (κ1) is 18.3. The highest BCUT2D eigenvalue weighted by atomic mass is 16.6. The van der Waals surface area contributed by atoms with E-state index >= 15 is 0 Å². The third kappa shape index (κ3) is 4.73. The largest absolute Gasteiger partial charge is 0.463 e. The van der Waals surface area contributed by atoms with Crippen molar-refractivity contribution in [2.24, 2.45) is 0 Å². The van der Waals surface area contributed by atoms with Gasteiger partial charge in [0.15, 0.2) is 0 Å². The maximum atomic E-state index is 12.6. The summed E-state index contributed by atoms with van der Waals surface area (Å²) >= 11 is 0. The van der Waals surface area contributed by atoms with E-state index in [0.717, 1.165) is 12.0 Å². The van der Waals surface area contributed by atoms with Gasteiger partial charge in [-0.25, -0.2) is 4.79 Å². The fourth-order valence-electron chi connectivity index (χ4n) is 2.88. The smallest absolute Gasteiger partial charge is 0.410 e. The van der Waals surface area contributed by atoms with Crippen molar-refractivity contribution in [2.75, 3.05) is 6.54 Å². The molecule has 1 aromatic rings. The number of amides is 1. The Kier molecular flexibility index (Phi) is 5.52. The highest BCUT2D eigenvalue weighted by Gasteiger charge is 2.35. The van der Waals surface area contributed by atoms with Gasteiger partial charge < -0.3 is 14.4 Å². The Morgan fingerprint density at radius 3 is 2.54 bits per heavy atom. The summed E-state index contributed by atoms with van der Waals surface area (Å²) in [5, 5.41) is 0. The van der Waals surface area contributed by atoms with Crippen molar-refractivity contribution in [3.8, 4) is 0 Å². The van der Waals surface area contributed by atoms with Gasteiger partial charge in [-0.05, 0) is 52.2 Å². The molecule has 1 heterocycles. The summed E-state index contributed by atoms with van der Waals surface area (Å²) < 4.78 is 10.8. The lowest BCUT2D eigenvalue weighted by molar-refractivity contribution is -0.148. The van der Waals surface area contributed by atoms with E-state index in [1.165, 1.54) is 5.56 Å². The second kappa shape index (κ2) is 7.24. The topological polar surface area (TPSA) is 55.8 Å². The fourth-order valence-corrected chi connectivity index (χ4v) is 2.88. The number of nitrogens with zero attached hydrogens (tertiary/aromatic N) is 1. The average molecular weight is 333 g/mol. The van der Waals surface area contributed by atoms with E-state index in [1.54, 1.807) is 4.90 Å². The van der Waals surface area contributed by atoms with Crippen LogP contribution in [0, 0.1) is 0 Å². The number of carbonyl (C=O) groups is 2. The van der Waals surface area contributed by atoms with E-state index in [0.29, 0.717) is 6.54 Å². The van der Waals surface area contributed by atoms with Gasteiger partial charge >= 0.3 is 12.1 Å². The number of rotatable bonds is 3. The molecule has 1 atom stereocenters. The van der Waals surface area contributed by atoms with Gasteiger partial charge in [-0.3, -0.25) is 4.79 Å². The molecule has 1 unspecified atom stereocenters. The van der Waals surface area contributed by atoms with Crippen LogP contribution in [0.25, 0.3) is 0 Å². The summed E-state index contributed by atoms with van der Waals surface area (Å²) in [6, 6.07) is 7.57. The lowest BCUT2D eigenvalue weighted by Crippen LogP contribution is -2.43. The van der Waals surface area contributed by atoms with Crippen LogP contribution < -0.4 is 0 Å². The molecule has 24 heavy (non-hydrogen) atoms. The summed E-state index contributed by atoms with van der Waals surface area (Å²) in [6.07, 6.45) is 0.324. The van der Waals surface area contributed by atoms with Crippen LogP contribution in [-0.4, -0.2) is 35.2 Å². The maximum Gasteiger partial charge on any atom is 0.410 e. The Morgan fingerprint density at radius 2 is 1.92 bits per heavy atom. The third-order valence-corrected chi connectivity index (χ3v) is 3.77. The third-order valence-electron chi connectivity index (χ3n) is 3.77. The lowest BCUT2D eigenvalue weighted by Gasteiger charge is -2.37. The monoisotopic (exact) mass is 333 g/mol. The summed E-state index contributed by atoms with van der Waals surface area (Å²) in [7, 11) is 0. The van der Waals surface area contributed by atoms with E-state index in [1.807, 2.05) is 58.9 Å². The molecule has 0 bridgehead atoms. The molecule has 0 radical (unpaired) electrons.